The molecule has 12 heteroatoms. The lowest BCUT2D eigenvalue weighted by atomic mass is 9.99. The number of fused-ring (bicyclic) bond motifs is 6. The third kappa shape index (κ3) is 4.81. The molecule has 0 saturated carbocycles. The zero-order valence-electron chi connectivity index (χ0n) is 25.0. The number of nitrogens with zero attached hydrogens (tertiary/aromatic N) is 3. The van der Waals surface area contributed by atoms with Gasteiger partial charge in [-0.2, -0.15) is 0 Å². The Hall–Kier alpha value is -5.07. The number of hydrogen-bond donors (Lipinski definition) is 2. The molecular weight excluding hydrogens is 614 g/mol. The second-order valence-corrected chi connectivity index (χ2v) is 13.4. The van der Waals surface area contributed by atoms with Crippen LogP contribution in [0.1, 0.15) is 15.9 Å². The number of pyridine rings is 1. The molecule has 2 N–H and O–H groups in total. The molecule has 4 heterocycles. The van der Waals surface area contributed by atoms with Crippen molar-refractivity contribution in [2.75, 3.05) is 24.7 Å². The number of furan rings is 1. The van der Waals surface area contributed by atoms with Crippen molar-refractivity contribution in [3.63, 3.8) is 0 Å². The minimum atomic E-state index is -3.77. The lowest BCUT2D eigenvalue weighted by Gasteiger charge is -2.21. The topological polar surface area (TPSA) is 118 Å². The predicted molar refractivity (Wildman–Crippen MR) is 172 cm³/mol. The minimum absolute atomic E-state index is 0.187. The smallest absolute Gasteiger partial charge is 0.255 e. The van der Waals surface area contributed by atoms with E-state index in [0.717, 1.165) is 16.1 Å². The Morgan fingerprint density at radius 1 is 1.07 bits per heavy atom. The van der Waals surface area contributed by atoms with Crippen LogP contribution in [0.25, 0.3) is 55.8 Å². The second-order valence-electron chi connectivity index (χ2n) is 11.4. The number of rotatable bonds is 5. The van der Waals surface area contributed by atoms with Crippen LogP contribution in [0.5, 0.6) is 0 Å². The van der Waals surface area contributed by atoms with E-state index in [1.165, 1.54) is 50.5 Å². The van der Waals surface area contributed by atoms with Gasteiger partial charge in [-0.1, -0.05) is 12.1 Å². The molecule has 1 unspecified atom stereocenters. The van der Waals surface area contributed by atoms with Crippen LogP contribution >= 0.6 is 0 Å². The highest BCUT2D eigenvalue weighted by atomic mass is 32.2. The molecule has 0 spiro atoms. The number of aliphatic hydroxyl groups excluding tert-OH is 1. The molecule has 0 aliphatic carbocycles. The number of carbonyl (C=O) groups excluding carboxylic acids is 1. The number of halogens is 2. The van der Waals surface area contributed by atoms with Crippen molar-refractivity contribution >= 4 is 43.5 Å². The van der Waals surface area contributed by atoms with Crippen LogP contribution in [-0.4, -0.2) is 55.4 Å². The lowest BCUT2D eigenvalue weighted by molar-refractivity contribution is 0.0964. The summed E-state index contributed by atoms with van der Waals surface area (Å²) in [5.74, 6) is -1.12. The third-order valence-corrected chi connectivity index (χ3v) is 9.63. The first-order valence-electron chi connectivity index (χ1n) is 14.4. The number of aliphatic hydroxyl groups is 1. The van der Waals surface area contributed by atoms with E-state index in [2.05, 4.69) is 5.32 Å². The summed E-state index contributed by atoms with van der Waals surface area (Å²) in [6.45, 7) is 0.235. The number of sulfonamides is 1. The Morgan fingerprint density at radius 3 is 2.54 bits per heavy atom. The van der Waals surface area contributed by atoms with Gasteiger partial charge in [0.05, 0.1) is 46.2 Å². The Bertz CT molecular complexity index is 2310. The van der Waals surface area contributed by atoms with E-state index < -0.39 is 33.7 Å². The van der Waals surface area contributed by atoms with E-state index in [0.29, 0.717) is 50.9 Å². The molecule has 0 saturated heterocycles. The van der Waals surface area contributed by atoms with E-state index >= 15 is 0 Å². The summed E-state index contributed by atoms with van der Waals surface area (Å²) in [6.07, 6.45) is 0.627. The highest BCUT2D eigenvalue weighted by Gasteiger charge is 2.28. The molecular formula is C34H28F2N4O5S. The maximum absolute atomic E-state index is 14.9. The second kappa shape index (κ2) is 10.8. The van der Waals surface area contributed by atoms with E-state index in [4.69, 9.17) is 9.40 Å². The molecule has 0 radical (unpaired) electrons. The molecule has 0 fully saturated rings. The van der Waals surface area contributed by atoms with Crippen LogP contribution < -0.4 is 9.62 Å². The molecule has 0 bridgehead atoms. The molecule has 3 aromatic carbocycles. The van der Waals surface area contributed by atoms with Crippen LogP contribution in [0.3, 0.4) is 0 Å². The number of amides is 1. The summed E-state index contributed by atoms with van der Waals surface area (Å²) in [7, 11) is -0.888. The van der Waals surface area contributed by atoms with Crippen molar-refractivity contribution in [1.82, 2.24) is 14.9 Å². The number of anilines is 1. The normalized spacial score (nSPS) is 14.6. The molecule has 3 aromatic heterocycles. The average molecular weight is 643 g/mol. The van der Waals surface area contributed by atoms with Gasteiger partial charge in [0.2, 0.25) is 10.0 Å². The number of hydrogen-bond acceptors (Lipinski definition) is 6. The van der Waals surface area contributed by atoms with E-state index in [9.17, 15) is 27.1 Å². The van der Waals surface area contributed by atoms with Gasteiger partial charge in [0.15, 0.2) is 0 Å². The molecule has 1 aliphatic rings. The van der Waals surface area contributed by atoms with Crippen molar-refractivity contribution in [3.8, 4) is 34.0 Å². The van der Waals surface area contributed by atoms with Crippen LogP contribution in [0, 0.1) is 11.6 Å². The van der Waals surface area contributed by atoms with Gasteiger partial charge >= 0.3 is 0 Å². The molecule has 1 atom stereocenters. The maximum atomic E-state index is 14.9. The summed E-state index contributed by atoms with van der Waals surface area (Å²) < 4.78 is 63.4. The van der Waals surface area contributed by atoms with Crippen LogP contribution in [-0.2, 0) is 23.0 Å². The van der Waals surface area contributed by atoms with E-state index in [1.54, 1.807) is 30.3 Å². The first-order chi connectivity index (χ1) is 21.9. The van der Waals surface area contributed by atoms with Gasteiger partial charge in [-0.25, -0.2) is 22.2 Å². The van der Waals surface area contributed by atoms with E-state index in [1.807, 2.05) is 10.6 Å². The maximum Gasteiger partial charge on any atom is 0.255 e. The number of nitrogens with one attached hydrogen (secondary N) is 1. The van der Waals surface area contributed by atoms with E-state index in [-0.39, 0.29) is 29.1 Å². The van der Waals surface area contributed by atoms with Gasteiger partial charge in [-0.3, -0.25) is 9.10 Å². The van der Waals surface area contributed by atoms with Crippen molar-refractivity contribution < 1.29 is 31.5 Å². The first kappa shape index (κ1) is 29.6. The predicted octanol–water partition coefficient (Wildman–Crippen LogP) is 5.73. The summed E-state index contributed by atoms with van der Waals surface area (Å²) in [4.78, 5) is 18.3. The third-order valence-electron chi connectivity index (χ3n) is 8.44. The van der Waals surface area contributed by atoms with Gasteiger partial charge in [0.1, 0.15) is 23.0 Å². The molecule has 234 valence electrons. The van der Waals surface area contributed by atoms with Crippen LogP contribution in [0.15, 0.2) is 77.2 Å². The molecule has 9 nitrogen and oxygen atoms in total. The molecule has 1 aliphatic heterocycles. The molecule has 7 rings (SSSR count). The monoisotopic (exact) mass is 642 g/mol. The van der Waals surface area contributed by atoms with Crippen molar-refractivity contribution in [1.29, 1.82) is 0 Å². The Balaban J connectivity index is 1.51. The summed E-state index contributed by atoms with van der Waals surface area (Å²) in [6, 6.07) is 18.7. The van der Waals surface area contributed by atoms with Gasteiger partial charge in [-0.05, 0) is 60.2 Å². The Labute approximate surface area is 262 Å². The summed E-state index contributed by atoms with van der Waals surface area (Å²) >= 11 is 0. The average Bonchev–Trinajstić information content (AvgIpc) is 3.54. The van der Waals surface area contributed by atoms with Gasteiger partial charge < -0.3 is 19.4 Å². The number of benzene rings is 3. The standard InChI is InChI=1S/C34H28F2N4O5S/c1-37-34(42)31-24-14-23(28(39(2)46(3,43)44)16-30(24)45-33(31)18-7-10-20(35)11-8-18)26-12-9-19-13-21(41)17-40-27-6-4-5-25(36)22(27)15-29(40)32(19)38-26/h4-12,14-16,21,41H,13,17H2,1-3H3,(H,37,42). The number of aromatic nitrogens is 2. The minimum Gasteiger partial charge on any atom is -0.455 e. The zero-order valence-corrected chi connectivity index (χ0v) is 25.8. The Kier molecular flexibility index (Phi) is 6.94. The van der Waals surface area contributed by atoms with Gasteiger partial charge in [-0.15, -0.1) is 0 Å². The van der Waals surface area contributed by atoms with Crippen molar-refractivity contribution in [3.05, 3.63) is 95.6 Å². The zero-order chi connectivity index (χ0) is 32.5. The largest absolute Gasteiger partial charge is 0.455 e. The fraction of sp³-hybridized carbons (Fsp3) is 0.176. The number of carbonyl (C=O) groups is 1. The summed E-state index contributed by atoms with van der Waals surface area (Å²) in [5, 5.41) is 14.3. The fourth-order valence-electron chi connectivity index (χ4n) is 6.13. The van der Waals surface area contributed by atoms with Crippen molar-refractivity contribution in [2.24, 2.45) is 0 Å². The quantitative estimate of drug-likeness (QED) is 0.248. The highest BCUT2D eigenvalue weighted by Crippen LogP contribution is 2.42. The summed E-state index contributed by atoms with van der Waals surface area (Å²) in [5.41, 5.74) is 4.38. The molecule has 1 amide bonds. The fourth-order valence-corrected chi connectivity index (χ4v) is 6.63. The Morgan fingerprint density at radius 2 is 1.83 bits per heavy atom. The SMILES string of the molecule is CNC(=O)c1c(-c2ccc(F)cc2)oc2cc(N(C)S(C)(=O)=O)c(-c3ccc4c(n3)-c3cc5c(F)cccc5n3CC(O)C4)cc12. The van der Waals surface area contributed by atoms with Gasteiger partial charge in [0.25, 0.3) is 5.91 Å². The van der Waals surface area contributed by atoms with Crippen molar-refractivity contribution in [2.45, 2.75) is 19.1 Å². The lowest BCUT2D eigenvalue weighted by Crippen LogP contribution is -2.25. The van der Waals surface area contributed by atoms with Gasteiger partial charge in [0, 0.05) is 55.0 Å². The molecule has 46 heavy (non-hydrogen) atoms. The highest BCUT2D eigenvalue weighted by molar-refractivity contribution is 7.92. The first-order valence-corrected chi connectivity index (χ1v) is 16.3. The molecule has 6 aromatic rings. The van der Waals surface area contributed by atoms with Crippen LogP contribution in [0.4, 0.5) is 14.5 Å². The van der Waals surface area contributed by atoms with Crippen LogP contribution in [0.2, 0.25) is 0 Å².